The maximum Gasteiger partial charge on any atom is 0.235 e. The highest BCUT2D eigenvalue weighted by molar-refractivity contribution is 6.12. The van der Waals surface area contributed by atoms with E-state index >= 15 is 0 Å². The maximum atomic E-state index is 5.35. The Morgan fingerprint density at radius 1 is 0.333 bits per heavy atom. The van der Waals surface area contributed by atoms with E-state index < -0.39 is 0 Å². The number of rotatable bonds is 4. The third-order valence-corrected chi connectivity index (χ3v) is 9.55. The number of hydrogen-bond donors (Lipinski definition) is 0. The first-order valence-electron chi connectivity index (χ1n) is 16.3. The molecular formula is C44H28N4. The van der Waals surface area contributed by atoms with Gasteiger partial charge in [0.2, 0.25) is 5.95 Å². The van der Waals surface area contributed by atoms with Crippen LogP contribution >= 0.6 is 0 Å². The van der Waals surface area contributed by atoms with E-state index in [9.17, 15) is 0 Å². The van der Waals surface area contributed by atoms with Crippen molar-refractivity contribution >= 4 is 54.5 Å². The molecule has 3 heterocycles. The summed E-state index contributed by atoms with van der Waals surface area (Å²) >= 11 is 0. The number of nitrogens with zero attached hydrogens (tertiary/aromatic N) is 4. The summed E-state index contributed by atoms with van der Waals surface area (Å²) in [6, 6.07) is 60.1. The number of para-hydroxylation sites is 4. The van der Waals surface area contributed by atoms with Crippen LogP contribution in [0.2, 0.25) is 0 Å². The van der Waals surface area contributed by atoms with E-state index in [2.05, 4.69) is 167 Å². The first-order valence-corrected chi connectivity index (χ1v) is 16.3. The van der Waals surface area contributed by atoms with Gasteiger partial charge in [-0.15, -0.1) is 0 Å². The molecule has 10 rings (SSSR count). The Kier molecular flexibility index (Phi) is 5.84. The van der Waals surface area contributed by atoms with Crippen LogP contribution in [0.5, 0.6) is 0 Å². The molecule has 0 amide bonds. The summed E-state index contributed by atoms with van der Waals surface area (Å²) in [5, 5.41) is 5.86. The standard InChI is InChI=1S/C44H28N4/c1-2-12-29(13-3-1)30-22-24-31(25-23-30)43-37-17-4-8-18-38(37)45-44(46-43)48-41-21-11-7-16-35(41)36-27-26-32(28-42(36)48)47-39-19-9-5-14-33(39)34-15-6-10-20-40(34)47/h1-28H. The minimum atomic E-state index is 0.654. The highest BCUT2D eigenvalue weighted by Crippen LogP contribution is 2.37. The van der Waals surface area contributed by atoms with Crippen LogP contribution in [0, 0.1) is 0 Å². The van der Waals surface area contributed by atoms with Crippen molar-refractivity contribution in [2.75, 3.05) is 0 Å². The Bertz CT molecular complexity index is 2770. The normalized spacial score (nSPS) is 11.8. The molecule has 7 aromatic carbocycles. The minimum Gasteiger partial charge on any atom is -0.309 e. The fourth-order valence-corrected chi connectivity index (χ4v) is 7.35. The molecular weight excluding hydrogens is 585 g/mol. The number of benzene rings is 7. The molecule has 10 aromatic rings. The minimum absolute atomic E-state index is 0.654. The molecule has 0 aliphatic carbocycles. The lowest BCUT2D eigenvalue weighted by Gasteiger charge is -2.13. The predicted octanol–water partition coefficient (Wildman–Crippen LogP) is 11.2. The first-order chi connectivity index (χ1) is 23.8. The summed E-state index contributed by atoms with van der Waals surface area (Å²) in [6.07, 6.45) is 0. The van der Waals surface area contributed by atoms with Gasteiger partial charge in [-0.3, -0.25) is 4.57 Å². The largest absolute Gasteiger partial charge is 0.309 e. The molecule has 0 aliphatic heterocycles. The van der Waals surface area contributed by atoms with Gasteiger partial charge in [-0.25, -0.2) is 9.97 Å². The van der Waals surface area contributed by atoms with Crippen molar-refractivity contribution in [3.05, 3.63) is 170 Å². The third kappa shape index (κ3) is 4.03. The Morgan fingerprint density at radius 3 is 1.50 bits per heavy atom. The average Bonchev–Trinajstić information content (AvgIpc) is 3.67. The summed E-state index contributed by atoms with van der Waals surface area (Å²) in [4.78, 5) is 10.6. The quantitative estimate of drug-likeness (QED) is 0.198. The molecule has 0 N–H and O–H groups in total. The van der Waals surface area contributed by atoms with Gasteiger partial charge in [0.1, 0.15) is 0 Å². The first kappa shape index (κ1) is 26.7. The number of aromatic nitrogens is 4. The molecule has 0 radical (unpaired) electrons. The fraction of sp³-hybridized carbons (Fsp3) is 0. The van der Waals surface area contributed by atoms with Crippen molar-refractivity contribution in [1.82, 2.24) is 19.1 Å². The molecule has 4 heteroatoms. The highest BCUT2D eigenvalue weighted by Gasteiger charge is 2.19. The molecule has 224 valence electrons. The van der Waals surface area contributed by atoms with E-state index in [1.54, 1.807) is 0 Å². The lowest BCUT2D eigenvalue weighted by Crippen LogP contribution is -2.04. The number of hydrogen-bond acceptors (Lipinski definition) is 2. The van der Waals surface area contributed by atoms with Crippen molar-refractivity contribution in [1.29, 1.82) is 0 Å². The van der Waals surface area contributed by atoms with Crippen LogP contribution < -0.4 is 0 Å². The van der Waals surface area contributed by atoms with E-state index in [0.717, 1.165) is 38.9 Å². The molecule has 0 bridgehead atoms. The zero-order valence-corrected chi connectivity index (χ0v) is 26.0. The smallest absolute Gasteiger partial charge is 0.235 e. The molecule has 0 saturated heterocycles. The summed E-state index contributed by atoms with van der Waals surface area (Å²) in [7, 11) is 0. The summed E-state index contributed by atoms with van der Waals surface area (Å²) in [5.74, 6) is 0.654. The van der Waals surface area contributed by atoms with E-state index in [0.29, 0.717) is 5.95 Å². The average molecular weight is 613 g/mol. The van der Waals surface area contributed by atoms with Crippen molar-refractivity contribution < 1.29 is 0 Å². The predicted molar refractivity (Wildman–Crippen MR) is 199 cm³/mol. The Morgan fingerprint density at radius 2 is 0.833 bits per heavy atom. The van der Waals surface area contributed by atoms with Crippen LogP contribution in [0.15, 0.2) is 170 Å². The molecule has 3 aromatic heterocycles. The van der Waals surface area contributed by atoms with Gasteiger partial charge in [-0.05, 0) is 47.5 Å². The zero-order chi connectivity index (χ0) is 31.6. The van der Waals surface area contributed by atoms with E-state index in [1.807, 2.05) is 12.1 Å². The summed E-state index contributed by atoms with van der Waals surface area (Å²) in [6.45, 7) is 0. The van der Waals surface area contributed by atoms with E-state index in [4.69, 9.17) is 9.97 Å². The Labute approximate surface area is 276 Å². The molecule has 0 spiro atoms. The van der Waals surface area contributed by atoms with E-state index in [1.165, 1.54) is 43.7 Å². The van der Waals surface area contributed by atoms with Gasteiger partial charge < -0.3 is 4.57 Å². The summed E-state index contributed by atoms with van der Waals surface area (Å²) in [5.41, 5.74) is 10.9. The van der Waals surface area contributed by atoms with Crippen molar-refractivity contribution in [3.63, 3.8) is 0 Å². The van der Waals surface area contributed by atoms with Crippen LogP contribution in [-0.2, 0) is 0 Å². The molecule has 0 saturated carbocycles. The zero-order valence-electron chi connectivity index (χ0n) is 26.0. The fourth-order valence-electron chi connectivity index (χ4n) is 7.35. The molecule has 0 fully saturated rings. The lowest BCUT2D eigenvalue weighted by atomic mass is 10.0. The van der Waals surface area contributed by atoms with Gasteiger partial charge in [0, 0.05) is 38.2 Å². The second-order valence-corrected chi connectivity index (χ2v) is 12.3. The van der Waals surface area contributed by atoms with Gasteiger partial charge in [-0.1, -0.05) is 133 Å². The van der Waals surface area contributed by atoms with Gasteiger partial charge in [0.05, 0.1) is 33.3 Å². The molecule has 0 unspecified atom stereocenters. The van der Waals surface area contributed by atoms with Crippen LogP contribution in [0.4, 0.5) is 0 Å². The topological polar surface area (TPSA) is 35.6 Å². The van der Waals surface area contributed by atoms with Crippen LogP contribution in [0.3, 0.4) is 0 Å². The molecule has 0 aliphatic rings. The van der Waals surface area contributed by atoms with Crippen LogP contribution in [-0.4, -0.2) is 19.1 Å². The van der Waals surface area contributed by atoms with Crippen molar-refractivity contribution in [3.8, 4) is 34.0 Å². The molecule has 0 atom stereocenters. The second-order valence-electron chi connectivity index (χ2n) is 12.3. The molecule has 4 nitrogen and oxygen atoms in total. The second kappa shape index (κ2) is 10.5. The lowest BCUT2D eigenvalue weighted by molar-refractivity contribution is 1.01. The van der Waals surface area contributed by atoms with Crippen LogP contribution in [0.1, 0.15) is 0 Å². The summed E-state index contributed by atoms with van der Waals surface area (Å²) < 4.78 is 4.60. The highest BCUT2D eigenvalue weighted by atomic mass is 15.2. The van der Waals surface area contributed by atoms with Crippen molar-refractivity contribution in [2.45, 2.75) is 0 Å². The third-order valence-electron chi connectivity index (χ3n) is 9.55. The van der Waals surface area contributed by atoms with Crippen LogP contribution in [0.25, 0.3) is 88.5 Å². The van der Waals surface area contributed by atoms with Gasteiger partial charge in [0.25, 0.3) is 0 Å². The Hall–Kier alpha value is -6.52. The van der Waals surface area contributed by atoms with Crippen molar-refractivity contribution in [2.24, 2.45) is 0 Å². The SMILES string of the molecule is c1ccc(-c2ccc(-c3nc(-n4c5ccccc5c5ccc(-n6c7ccccc7c7ccccc76)cc54)nc4ccccc34)cc2)cc1. The van der Waals surface area contributed by atoms with Gasteiger partial charge in [0.15, 0.2) is 0 Å². The van der Waals surface area contributed by atoms with E-state index in [-0.39, 0.29) is 0 Å². The number of fused-ring (bicyclic) bond motifs is 7. The Balaban J connectivity index is 1.23. The monoisotopic (exact) mass is 612 g/mol. The van der Waals surface area contributed by atoms with Gasteiger partial charge in [-0.2, -0.15) is 0 Å². The molecule has 48 heavy (non-hydrogen) atoms. The van der Waals surface area contributed by atoms with Gasteiger partial charge >= 0.3 is 0 Å². The maximum absolute atomic E-state index is 5.35.